The van der Waals surface area contributed by atoms with E-state index >= 15 is 0 Å². The third-order valence-corrected chi connectivity index (χ3v) is 4.54. The summed E-state index contributed by atoms with van der Waals surface area (Å²) in [7, 11) is 3.32. The summed E-state index contributed by atoms with van der Waals surface area (Å²) in [4.78, 5) is 12.2. The molecule has 0 bridgehead atoms. The van der Waals surface area contributed by atoms with E-state index in [2.05, 4.69) is 6.08 Å². The molecule has 2 aliphatic carbocycles. The van der Waals surface area contributed by atoms with Gasteiger partial charge in [-0.2, -0.15) is 0 Å². The van der Waals surface area contributed by atoms with Crippen LogP contribution in [0.2, 0.25) is 0 Å². The van der Waals surface area contributed by atoms with Crippen LogP contribution < -0.4 is 9.47 Å². The standard InChI is InChI=1S/C17H20O3/c1-19-11-7-8-14(17(9-11)20-2)15-10-16(18)13-6-4-3-5-12(13)15/h6-9,12,15H,3-5,10H2,1-2H3/t12-,15-/m0/s1. The van der Waals surface area contributed by atoms with Crippen molar-refractivity contribution in [2.24, 2.45) is 5.92 Å². The van der Waals surface area contributed by atoms with Crippen molar-refractivity contribution in [2.75, 3.05) is 14.2 Å². The Morgan fingerprint density at radius 3 is 2.75 bits per heavy atom. The zero-order valence-electron chi connectivity index (χ0n) is 12.0. The van der Waals surface area contributed by atoms with Crippen LogP contribution in [0.5, 0.6) is 11.5 Å². The molecule has 2 atom stereocenters. The number of hydrogen-bond donors (Lipinski definition) is 0. The van der Waals surface area contributed by atoms with Crippen molar-refractivity contribution in [1.29, 1.82) is 0 Å². The van der Waals surface area contributed by atoms with Crippen LogP contribution in [0.4, 0.5) is 0 Å². The second-order valence-corrected chi connectivity index (χ2v) is 5.54. The predicted octanol–water partition coefficient (Wildman–Crippen LogP) is 3.49. The molecular formula is C17H20O3. The Balaban J connectivity index is 1.99. The fourth-order valence-corrected chi connectivity index (χ4v) is 3.55. The van der Waals surface area contributed by atoms with Crippen molar-refractivity contribution in [2.45, 2.75) is 31.6 Å². The number of benzene rings is 1. The van der Waals surface area contributed by atoms with Crippen LogP contribution in [0, 0.1) is 5.92 Å². The van der Waals surface area contributed by atoms with Gasteiger partial charge in [0.2, 0.25) is 0 Å². The second-order valence-electron chi connectivity index (χ2n) is 5.54. The smallest absolute Gasteiger partial charge is 0.159 e. The van der Waals surface area contributed by atoms with Crippen molar-refractivity contribution in [3.05, 3.63) is 35.4 Å². The first-order chi connectivity index (χ1) is 9.74. The largest absolute Gasteiger partial charge is 0.497 e. The molecule has 0 aromatic heterocycles. The number of hydrogen-bond acceptors (Lipinski definition) is 3. The lowest BCUT2D eigenvalue weighted by Gasteiger charge is -2.24. The van der Waals surface area contributed by atoms with Gasteiger partial charge in [0.1, 0.15) is 11.5 Å². The van der Waals surface area contributed by atoms with Crippen LogP contribution in [0.15, 0.2) is 29.8 Å². The number of ether oxygens (including phenoxy) is 2. The highest BCUT2D eigenvalue weighted by atomic mass is 16.5. The van der Waals surface area contributed by atoms with Gasteiger partial charge in [-0.1, -0.05) is 12.1 Å². The van der Waals surface area contributed by atoms with Crippen molar-refractivity contribution >= 4 is 5.78 Å². The minimum atomic E-state index is 0.259. The highest BCUT2D eigenvalue weighted by molar-refractivity contribution is 5.99. The van der Waals surface area contributed by atoms with Gasteiger partial charge in [-0.05, 0) is 42.4 Å². The lowest BCUT2D eigenvalue weighted by Crippen LogP contribution is -2.12. The van der Waals surface area contributed by atoms with Gasteiger partial charge in [0.05, 0.1) is 14.2 Å². The first-order valence-electron chi connectivity index (χ1n) is 7.19. The van der Waals surface area contributed by atoms with Gasteiger partial charge in [0.25, 0.3) is 0 Å². The number of ketones is 1. The van der Waals surface area contributed by atoms with Gasteiger partial charge in [0.15, 0.2) is 5.78 Å². The first-order valence-corrected chi connectivity index (χ1v) is 7.19. The quantitative estimate of drug-likeness (QED) is 0.845. The summed E-state index contributed by atoms with van der Waals surface area (Å²) in [5.74, 6) is 2.56. The zero-order valence-corrected chi connectivity index (χ0v) is 12.0. The molecule has 20 heavy (non-hydrogen) atoms. The Labute approximate surface area is 119 Å². The van der Waals surface area contributed by atoms with E-state index in [4.69, 9.17) is 9.47 Å². The molecule has 0 heterocycles. The van der Waals surface area contributed by atoms with Crippen LogP contribution in [0.3, 0.4) is 0 Å². The van der Waals surface area contributed by atoms with Crippen LogP contribution in [0.25, 0.3) is 0 Å². The molecule has 3 nitrogen and oxygen atoms in total. The molecule has 0 aliphatic heterocycles. The molecule has 106 valence electrons. The van der Waals surface area contributed by atoms with Crippen molar-refractivity contribution in [3.8, 4) is 11.5 Å². The molecule has 0 radical (unpaired) electrons. The average molecular weight is 272 g/mol. The van der Waals surface area contributed by atoms with Gasteiger partial charge in [-0.15, -0.1) is 0 Å². The molecule has 1 fully saturated rings. The van der Waals surface area contributed by atoms with Crippen LogP contribution in [-0.2, 0) is 4.79 Å². The average Bonchev–Trinajstić information content (AvgIpc) is 2.84. The molecule has 0 unspecified atom stereocenters. The number of methoxy groups -OCH3 is 2. The second kappa shape index (κ2) is 5.31. The number of carbonyl (C=O) groups excluding carboxylic acids is 1. The SMILES string of the molecule is COc1ccc([C@H]2CC(=O)C3=CCCC[C@@H]32)c(OC)c1. The Bertz CT molecular complexity index is 559. The Kier molecular flexibility index (Phi) is 3.51. The molecule has 2 aliphatic rings. The highest BCUT2D eigenvalue weighted by Gasteiger charge is 2.40. The fraction of sp³-hybridized carbons (Fsp3) is 0.471. The first kappa shape index (κ1) is 13.2. The summed E-state index contributed by atoms with van der Waals surface area (Å²) < 4.78 is 10.7. The lowest BCUT2D eigenvalue weighted by molar-refractivity contribution is -0.114. The minimum Gasteiger partial charge on any atom is -0.497 e. The molecule has 3 rings (SSSR count). The van der Waals surface area contributed by atoms with Crippen molar-refractivity contribution < 1.29 is 14.3 Å². The van der Waals surface area contributed by atoms with E-state index in [1.165, 1.54) is 6.42 Å². The highest BCUT2D eigenvalue weighted by Crippen LogP contribution is 2.48. The maximum atomic E-state index is 12.2. The summed E-state index contributed by atoms with van der Waals surface area (Å²) in [5, 5.41) is 0. The molecule has 0 saturated heterocycles. The molecule has 0 amide bonds. The van der Waals surface area contributed by atoms with E-state index in [9.17, 15) is 4.79 Å². The van der Waals surface area contributed by atoms with Crippen LogP contribution in [0.1, 0.15) is 37.2 Å². The van der Waals surface area contributed by atoms with E-state index in [1.807, 2.05) is 18.2 Å². The van der Waals surface area contributed by atoms with E-state index in [1.54, 1.807) is 14.2 Å². The fourth-order valence-electron chi connectivity index (χ4n) is 3.55. The van der Waals surface area contributed by atoms with E-state index < -0.39 is 0 Å². The number of rotatable bonds is 3. The maximum Gasteiger partial charge on any atom is 0.159 e. The minimum absolute atomic E-state index is 0.259. The van der Waals surface area contributed by atoms with Crippen molar-refractivity contribution in [3.63, 3.8) is 0 Å². The molecule has 1 saturated carbocycles. The Morgan fingerprint density at radius 2 is 2.00 bits per heavy atom. The monoisotopic (exact) mass is 272 g/mol. The van der Waals surface area contributed by atoms with Crippen molar-refractivity contribution in [1.82, 2.24) is 0 Å². The molecular weight excluding hydrogens is 252 g/mol. The third-order valence-electron chi connectivity index (χ3n) is 4.54. The number of Topliss-reactive ketones (excluding diaryl/α,β-unsaturated/α-hetero) is 1. The summed E-state index contributed by atoms with van der Waals surface area (Å²) in [5.41, 5.74) is 2.19. The van der Waals surface area contributed by atoms with E-state index in [0.717, 1.165) is 35.5 Å². The Hall–Kier alpha value is -1.77. The molecule has 0 spiro atoms. The summed E-state index contributed by atoms with van der Waals surface area (Å²) in [6.45, 7) is 0. The van der Waals surface area contributed by atoms with Gasteiger partial charge in [-0.3, -0.25) is 4.79 Å². The van der Waals surface area contributed by atoms with Gasteiger partial charge < -0.3 is 9.47 Å². The van der Waals surface area contributed by atoms with Gasteiger partial charge in [-0.25, -0.2) is 0 Å². The normalized spacial score (nSPS) is 25.1. The number of carbonyl (C=O) groups is 1. The van der Waals surface area contributed by atoms with Crippen LogP contribution in [-0.4, -0.2) is 20.0 Å². The van der Waals surface area contributed by atoms with E-state index in [0.29, 0.717) is 18.1 Å². The van der Waals surface area contributed by atoms with E-state index in [-0.39, 0.29) is 5.92 Å². The third kappa shape index (κ3) is 2.11. The zero-order chi connectivity index (χ0) is 14.1. The van der Waals surface area contributed by atoms with Gasteiger partial charge in [0, 0.05) is 18.4 Å². The van der Waals surface area contributed by atoms with Gasteiger partial charge >= 0.3 is 0 Å². The summed E-state index contributed by atoms with van der Waals surface area (Å²) in [6.07, 6.45) is 6.09. The molecule has 1 aromatic rings. The molecule has 1 aromatic carbocycles. The Morgan fingerprint density at radius 1 is 1.15 bits per heavy atom. The number of fused-ring (bicyclic) bond motifs is 1. The topological polar surface area (TPSA) is 35.5 Å². The molecule has 0 N–H and O–H groups in total. The number of allylic oxidation sites excluding steroid dienone is 2. The predicted molar refractivity (Wildman–Crippen MR) is 77.3 cm³/mol. The summed E-state index contributed by atoms with van der Waals surface area (Å²) in [6, 6.07) is 5.91. The van der Waals surface area contributed by atoms with Crippen LogP contribution >= 0.6 is 0 Å². The maximum absolute atomic E-state index is 12.2. The summed E-state index contributed by atoms with van der Waals surface area (Å²) >= 11 is 0. The molecule has 3 heteroatoms. The lowest BCUT2D eigenvalue weighted by atomic mass is 9.81.